The quantitative estimate of drug-likeness (QED) is 0.471. The van der Waals surface area contributed by atoms with Gasteiger partial charge in [-0.1, -0.05) is 23.8 Å². The molecule has 0 amide bonds. The van der Waals surface area contributed by atoms with Crippen LogP contribution >= 0.6 is 0 Å². The Labute approximate surface area is 118 Å². The molecule has 0 unspecified atom stereocenters. The van der Waals surface area contributed by atoms with Crippen LogP contribution in [0.3, 0.4) is 0 Å². The van der Waals surface area contributed by atoms with Gasteiger partial charge in [-0.3, -0.25) is 4.79 Å². The number of benzene rings is 1. The smallest absolute Gasteiger partial charge is 0.523 e. The standard InChI is InChI=1S/C15H17BO4/c1-10-7-8-11(15(17)18-2)12(9-10)16-19-13-5-3-4-6-14(13)20-16/h3-6,9,11-12H,7-8H2,1-2H3/t11-,12-/m1/s1. The Morgan fingerprint density at radius 1 is 1.30 bits per heavy atom. The molecule has 0 saturated carbocycles. The summed E-state index contributed by atoms with van der Waals surface area (Å²) in [5.74, 6) is 0.962. The summed E-state index contributed by atoms with van der Waals surface area (Å²) >= 11 is 0. The zero-order valence-corrected chi connectivity index (χ0v) is 11.7. The van der Waals surface area contributed by atoms with Crippen molar-refractivity contribution in [1.82, 2.24) is 0 Å². The molecular formula is C15H17BO4. The molecule has 0 radical (unpaired) electrons. The van der Waals surface area contributed by atoms with Gasteiger partial charge in [-0.25, -0.2) is 0 Å². The summed E-state index contributed by atoms with van der Waals surface area (Å²) in [6.07, 6.45) is 3.77. The highest BCUT2D eigenvalue weighted by molar-refractivity contribution is 6.50. The van der Waals surface area contributed by atoms with Crippen LogP contribution in [0.15, 0.2) is 35.9 Å². The van der Waals surface area contributed by atoms with E-state index in [9.17, 15) is 4.79 Å². The van der Waals surface area contributed by atoms with E-state index in [4.69, 9.17) is 14.0 Å². The number of carbonyl (C=O) groups excluding carboxylic acids is 1. The Balaban J connectivity index is 1.84. The lowest BCUT2D eigenvalue weighted by molar-refractivity contribution is -0.145. The van der Waals surface area contributed by atoms with Crippen LogP contribution in [0.1, 0.15) is 19.8 Å². The number of ether oxygens (including phenoxy) is 1. The van der Waals surface area contributed by atoms with Crippen molar-refractivity contribution in [3.8, 4) is 11.5 Å². The van der Waals surface area contributed by atoms with E-state index in [1.165, 1.54) is 12.7 Å². The molecule has 0 aromatic heterocycles. The van der Waals surface area contributed by atoms with Gasteiger partial charge in [0.25, 0.3) is 0 Å². The van der Waals surface area contributed by atoms with Crippen LogP contribution in [-0.4, -0.2) is 20.2 Å². The van der Waals surface area contributed by atoms with Gasteiger partial charge in [0.1, 0.15) is 11.5 Å². The summed E-state index contributed by atoms with van der Waals surface area (Å²) in [5.41, 5.74) is 1.26. The highest BCUT2D eigenvalue weighted by Gasteiger charge is 2.47. The van der Waals surface area contributed by atoms with Gasteiger partial charge in [0.2, 0.25) is 0 Å². The molecular weight excluding hydrogens is 255 g/mol. The minimum absolute atomic E-state index is 0.108. The third-order valence-electron chi connectivity index (χ3n) is 3.94. The molecule has 2 aliphatic rings. The van der Waals surface area contributed by atoms with Gasteiger partial charge in [0.15, 0.2) is 0 Å². The Morgan fingerprint density at radius 2 is 1.95 bits per heavy atom. The largest absolute Gasteiger partial charge is 0.603 e. The van der Waals surface area contributed by atoms with Crippen LogP contribution in [0, 0.1) is 5.92 Å². The first kappa shape index (κ1) is 13.1. The SMILES string of the molecule is COC(=O)[C@@H]1CCC(C)=C[C@H]1B1Oc2ccccc2O1. The highest BCUT2D eigenvalue weighted by Crippen LogP contribution is 2.42. The Morgan fingerprint density at radius 3 is 2.55 bits per heavy atom. The van der Waals surface area contributed by atoms with Crippen molar-refractivity contribution in [3.05, 3.63) is 35.9 Å². The van der Waals surface area contributed by atoms with Gasteiger partial charge in [-0.2, -0.15) is 0 Å². The summed E-state index contributed by atoms with van der Waals surface area (Å²) in [4.78, 5) is 12.0. The predicted octanol–water partition coefficient (Wildman–Crippen LogP) is 2.85. The molecule has 1 heterocycles. The number of hydrogen-bond acceptors (Lipinski definition) is 4. The summed E-state index contributed by atoms with van der Waals surface area (Å²) in [5, 5.41) is 0. The summed E-state index contributed by atoms with van der Waals surface area (Å²) in [6, 6.07) is 7.57. The van der Waals surface area contributed by atoms with Crippen molar-refractivity contribution < 1.29 is 18.8 Å². The van der Waals surface area contributed by atoms with E-state index in [0.717, 1.165) is 24.3 Å². The van der Waals surface area contributed by atoms with Gasteiger partial charge >= 0.3 is 13.1 Å². The number of hydrogen-bond donors (Lipinski definition) is 0. The van der Waals surface area contributed by atoms with E-state index in [-0.39, 0.29) is 17.7 Å². The molecule has 1 aromatic carbocycles. The maximum atomic E-state index is 12.0. The van der Waals surface area contributed by atoms with Crippen molar-refractivity contribution in [2.75, 3.05) is 7.11 Å². The average Bonchev–Trinajstić information content (AvgIpc) is 2.90. The molecule has 1 aromatic rings. The van der Waals surface area contributed by atoms with E-state index >= 15 is 0 Å². The zero-order valence-electron chi connectivity index (χ0n) is 11.7. The molecule has 0 spiro atoms. The number of methoxy groups -OCH3 is 1. The van der Waals surface area contributed by atoms with Gasteiger partial charge in [-0.15, -0.1) is 0 Å². The second kappa shape index (κ2) is 5.23. The molecule has 1 aliphatic heterocycles. The van der Waals surface area contributed by atoms with E-state index in [1.54, 1.807) is 0 Å². The van der Waals surface area contributed by atoms with Gasteiger partial charge < -0.3 is 14.0 Å². The van der Waals surface area contributed by atoms with Crippen LogP contribution in [0.5, 0.6) is 11.5 Å². The average molecular weight is 272 g/mol. The fourth-order valence-electron chi connectivity index (χ4n) is 2.87. The topological polar surface area (TPSA) is 44.8 Å². The van der Waals surface area contributed by atoms with Crippen LogP contribution in [0.2, 0.25) is 5.82 Å². The molecule has 0 N–H and O–H groups in total. The number of rotatable bonds is 2. The number of fused-ring (bicyclic) bond motifs is 1. The minimum atomic E-state index is -0.452. The summed E-state index contributed by atoms with van der Waals surface area (Å²) in [7, 11) is 0.974. The number of allylic oxidation sites excluding steroid dienone is 2. The lowest BCUT2D eigenvalue weighted by Crippen LogP contribution is -2.39. The predicted molar refractivity (Wildman–Crippen MR) is 75.7 cm³/mol. The molecule has 20 heavy (non-hydrogen) atoms. The summed E-state index contributed by atoms with van der Waals surface area (Å²) < 4.78 is 16.6. The number of esters is 1. The molecule has 5 heteroatoms. The van der Waals surface area contributed by atoms with E-state index in [0.29, 0.717) is 0 Å². The molecule has 4 nitrogen and oxygen atoms in total. The van der Waals surface area contributed by atoms with Crippen molar-refractivity contribution in [2.45, 2.75) is 25.6 Å². The van der Waals surface area contributed by atoms with Crippen molar-refractivity contribution >= 4 is 13.1 Å². The first-order valence-corrected chi connectivity index (χ1v) is 6.86. The van der Waals surface area contributed by atoms with E-state index in [1.807, 2.05) is 24.3 Å². The van der Waals surface area contributed by atoms with Crippen molar-refractivity contribution in [3.63, 3.8) is 0 Å². The second-order valence-electron chi connectivity index (χ2n) is 5.31. The molecule has 3 rings (SSSR count). The van der Waals surface area contributed by atoms with Gasteiger partial charge in [-0.05, 0) is 31.9 Å². The Hall–Kier alpha value is -1.91. The molecule has 0 fully saturated rings. The van der Waals surface area contributed by atoms with E-state index < -0.39 is 7.12 Å². The summed E-state index contributed by atoms with van der Waals surface area (Å²) in [6.45, 7) is 2.07. The maximum absolute atomic E-state index is 12.0. The van der Waals surface area contributed by atoms with Crippen molar-refractivity contribution in [1.29, 1.82) is 0 Å². The molecule has 104 valence electrons. The van der Waals surface area contributed by atoms with Gasteiger partial charge in [0.05, 0.1) is 18.8 Å². The van der Waals surface area contributed by atoms with E-state index in [2.05, 4.69) is 13.0 Å². The van der Waals surface area contributed by atoms with Crippen LogP contribution < -0.4 is 9.31 Å². The lowest BCUT2D eigenvalue weighted by Gasteiger charge is -2.27. The Bertz CT molecular complexity index is 530. The minimum Gasteiger partial charge on any atom is -0.523 e. The zero-order chi connectivity index (χ0) is 14.1. The number of para-hydroxylation sites is 2. The second-order valence-corrected chi connectivity index (χ2v) is 5.31. The fraction of sp³-hybridized carbons (Fsp3) is 0.400. The van der Waals surface area contributed by atoms with Crippen LogP contribution in [0.4, 0.5) is 0 Å². The first-order valence-electron chi connectivity index (χ1n) is 6.86. The van der Waals surface area contributed by atoms with Crippen molar-refractivity contribution in [2.24, 2.45) is 5.92 Å². The fourth-order valence-corrected chi connectivity index (χ4v) is 2.87. The monoisotopic (exact) mass is 272 g/mol. The molecule has 0 bridgehead atoms. The number of carbonyl (C=O) groups is 1. The van der Waals surface area contributed by atoms with Gasteiger partial charge in [0, 0.05) is 0 Å². The molecule has 2 atom stereocenters. The third-order valence-corrected chi connectivity index (χ3v) is 3.94. The molecule has 1 aliphatic carbocycles. The molecule has 0 saturated heterocycles. The lowest BCUT2D eigenvalue weighted by atomic mass is 9.61. The van der Waals surface area contributed by atoms with Crippen LogP contribution in [0.25, 0.3) is 0 Å². The highest BCUT2D eigenvalue weighted by atomic mass is 16.6. The Kier molecular flexibility index (Phi) is 3.43. The first-order chi connectivity index (χ1) is 9.69. The maximum Gasteiger partial charge on any atom is 0.603 e. The third kappa shape index (κ3) is 2.28. The van der Waals surface area contributed by atoms with Crippen LogP contribution in [-0.2, 0) is 9.53 Å². The normalized spacial score (nSPS) is 24.3.